The third kappa shape index (κ3) is 5.62. The number of aryl methyl sites for hydroxylation is 1. The van der Waals surface area contributed by atoms with E-state index in [1.165, 1.54) is 12.1 Å². The standard InChI is InChI=1S/C24H28FN3O3/c1-17-21(22-14-19(25)5-6-23(22)27-17)15-24(29)26-16-18-3-2-4-20(13-18)31-12-9-28-7-10-30-11-8-28/h2-6,13-14,27H,7-12,15-16H2,1H3,(H,26,29). The summed E-state index contributed by atoms with van der Waals surface area (Å²) in [4.78, 5) is 18.1. The van der Waals surface area contributed by atoms with E-state index in [1.54, 1.807) is 6.07 Å². The number of hydrogen-bond donors (Lipinski definition) is 2. The van der Waals surface area contributed by atoms with Gasteiger partial charge in [0, 0.05) is 42.8 Å². The zero-order chi connectivity index (χ0) is 21.6. The Bertz CT molecular complexity index is 1040. The number of carbonyl (C=O) groups is 1. The van der Waals surface area contributed by atoms with Crippen LogP contribution in [0.1, 0.15) is 16.8 Å². The van der Waals surface area contributed by atoms with Gasteiger partial charge in [-0.2, -0.15) is 0 Å². The molecule has 0 bridgehead atoms. The summed E-state index contributed by atoms with van der Waals surface area (Å²) in [5.41, 5.74) is 3.51. The third-order valence-corrected chi connectivity index (χ3v) is 5.59. The van der Waals surface area contributed by atoms with Gasteiger partial charge < -0.3 is 19.8 Å². The van der Waals surface area contributed by atoms with E-state index in [-0.39, 0.29) is 18.1 Å². The Morgan fingerprint density at radius 2 is 2.06 bits per heavy atom. The van der Waals surface area contributed by atoms with Gasteiger partial charge in [0.05, 0.1) is 19.6 Å². The summed E-state index contributed by atoms with van der Waals surface area (Å²) in [6, 6.07) is 12.3. The predicted molar refractivity (Wildman–Crippen MR) is 118 cm³/mol. The molecule has 1 fully saturated rings. The molecule has 0 spiro atoms. The summed E-state index contributed by atoms with van der Waals surface area (Å²) in [5, 5.41) is 3.71. The Balaban J connectivity index is 1.29. The van der Waals surface area contributed by atoms with Gasteiger partial charge in [0.1, 0.15) is 18.2 Å². The van der Waals surface area contributed by atoms with Gasteiger partial charge in [0.15, 0.2) is 0 Å². The number of carbonyl (C=O) groups excluding carboxylic acids is 1. The molecule has 2 aromatic carbocycles. The van der Waals surface area contributed by atoms with Crippen LogP contribution in [0.15, 0.2) is 42.5 Å². The number of halogens is 1. The lowest BCUT2D eigenvalue weighted by Crippen LogP contribution is -2.38. The Morgan fingerprint density at radius 3 is 2.90 bits per heavy atom. The quantitative estimate of drug-likeness (QED) is 0.582. The molecule has 0 aliphatic carbocycles. The van der Waals surface area contributed by atoms with Crippen molar-refractivity contribution in [3.8, 4) is 5.75 Å². The third-order valence-electron chi connectivity index (χ3n) is 5.59. The van der Waals surface area contributed by atoms with Crippen molar-refractivity contribution in [1.82, 2.24) is 15.2 Å². The number of benzene rings is 2. The second-order valence-electron chi connectivity index (χ2n) is 7.82. The predicted octanol–water partition coefficient (Wildman–Crippen LogP) is 3.19. The van der Waals surface area contributed by atoms with Gasteiger partial charge in [-0.15, -0.1) is 0 Å². The first-order valence-corrected chi connectivity index (χ1v) is 10.6. The van der Waals surface area contributed by atoms with E-state index in [9.17, 15) is 9.18 Å². The Kier molecular flexibility index (Phi) is 6.84. The molecule has 3 aromatic rings. The molecule has 2 heterocycles. The van der Waals surface area contributed by atoms with Crippen LogP contribution in [0.5, 0.6) is 5.75 Å². The van der Waals surface area contributed by atoms with Crippen molar-refractivity contribution < 1.29 is 18.7 Å². The highest BCUT2D eigenvalue weighted by molar-refractivity contribution is 5.90. The second-order valence-corrected chi connectivity index (χ2v) is 7.82. The largest absolute Gasteiger partial charge is 0.492 e. The molecule has 7 heteroatoms. The average Bonchev–Trinajstić information content (AvgIpc) is 3.08. The highest BCUT2D eigenvalue weighted by atomic mass is 19.1. The second kappa shape index (κ2) is 9.94. The number of nitrogens with one attached hydrogen (secondary N) is 2. The zero-order valence-electron chi connectivity index (χ0n) is 17.7. The van der Waals surface area contributed by atoms with Crippen LogP contribution in [0.4, 0.5) is 4.39 Å². The van der Waals surface area contributed by atoms with Crippen LogP contribution >= 0.6 is 0 Å². The van der Waals surface area contributed by atoms with E-state index in [4.69, 9.17) is 9.47 Å². The molecule has 2 N–H and O–H groups in total. The minimum atomic E-state index is -0.307. The van der Waals surface area contributed by atoms with E-state index in [0.29, 0.717) is 13.2 Å². The minimum Gasteiger partial charge on any atom is -0.492 e. The van der Waals surface area contributed by atoms with E-state index in [2.05, 4.69) is 15.2 Å². The maximum Gasteiger partial charge on any atom is 0.224 e. The fraction of sp³-hybridized carbons (Fsp3) is 0.375. The molecule has 31 heavy (non-hydrogen) atoms. The van der Waals surface area contributed by atoms with Crippen molar-refractivity contribution in [3.63, 3.8) is 0 Å². The number of rotatable bonds is 8. The zero-order valence-corrected chi connectivity index (χ0v) is 17.7. The fourth-order valence-electron chi connectivity index (χ4n) is 3.87. The Morgan fingerprint density at radius 1 is 1.23 bits per heavy atom. The summed E-state index contributed by atoms with van der Waals surface area (Å²) in [6.07, 6.45) is 0.199. The van der Waals surface area contributed by atoms with Crippen LogP contribution in [0, 0.1) is 12.7 Å². The topological polar surface area (TPSA) is 66.6 Å². The first-order chi connectivity index (χ1) is 15.1. The number of fused-ring (bicyclic) bond motifs is 1. The Hall–Kier alpha value is -2.90. The molecule has 1 amide bonds. The molecule has 164 valence electrons. The fourth-order valence-corrected chi connectivity index (χ4v) is 3.87. The number of H-pyrrole nitrogens is 1. The van der Waals surface area contributed by atoms with Gasteiger partial charge >= 0.3 is 0 Å². The number of aromatic nitrogens is 1. The highest BCUT2D eigenvalue weighted by Crippen LogP contribution is 2.23. The van der Waals surface area contributed by atoms with Gasteiger partial charge in [-0.05, 0) is 48.4 Å². The lowest BCUT2D eigenvalue weighted by Gasteiger charge is -2.26. The van der Waals surface area contributed by atoms with E-state index >= 15 is 0 Å². The molecule has 0 radical (unpaired) electrons. The van der Waals surface area contributed by atoms with Crippen molar-refractivity contribution in [2.45, 2.75) is 19.9 Å². The van der Waals surface area contributed by atoms with Crippen molar-refractivity contribution in [3.05, 3.63) is 65.1 Å². The molecule has 0 unspecified atom stereocenters. The average molecular weight is 426 g/mol. The van der Waals surface area contributed by atoms with Crippen LogP contribution in [-0.4, -0.2) is 55.2 Å². The summed E-state index contributed by atoms with van der Waals surface area (Å²) in [7, 11) is 0. The highest BCUT2D eigenvalue weighted by Gasteiger charge is 2.13. The maximum absolute atomic E-state index is 13.6. The molecular weight excluding hydrogens is 397 g/mol. The molecule has 1 aromatic heterocycles. The molecule has 1 aliphatic rings. The van der Waals surface area contributed by atoms with Crippen molar-refractivity contribution >= 4 is 16.8 Å². The lowest BCUT2D eigenvalue weighted by atomic mass is 10.1. The van der Waals surface area contributed by atoms with Crippen LogP contribution in [0.3, 0.4) is 0 Å². The summed E-state index contributed by atoms with van der Waals surface area (Å²) in [5.74, 6) is 0.383. The van der Waals surface area contributed by atoms with Gasteiger partial charge in [-0.25, -0.2) is 4.39 Å². The smallest absolute Gasteiger partial charge is 0.224 e. The van der Waals surface area contributed by atoms with Gasteiger partial charge in [0.2, 0.25) is 5.91 Å². The molecule has 1 aliphatic heterocycles. The number of ether oxygens (including phenoxy) is 2. The molecule has 6 nitrogen and oxygen atoms in total. The molecule has 1 saturated heterocycles. The normalized spacial score (nSPS) is 14.6. The van der Waals surface area contributed by atoms with E-state index in [0.717, 1.165) is 66.3 Å². The minimum absolute atomic E-state index is 0.105. The van der Waals surface area contributed by atoms with Crippen LogP contribution in [0.2, 0.25) is 0 Å². The van der Waals surface area contributed by atoms with Gasteiger partial charge in [-0.1, -0.05) is 12.1 Å². The lowest BCUT2D eigenvalue weighted by molar-refractivity contribution is -0.120. The van der Waals surface area contributed by atoms with Crippen molar-refractivity contribution in [1.29, 1.82) is 0 Å². The van der Waals surface area contributed by atoms with E-state index < -0.39 is 0 Å². The summed E-state index contributed by atoms with van der Waals surface area (Å²) >= 11 is 0. The SMILES string of the molecule is Cc1[nH]c2ccc(F)cc2c1CC(=O)NCc1cccc(OCCN2CCOCC2)c1. The van der Waals surface area contributed by atoms with Crippen molar-refractivity contribution in [2.24, 2.45) is 0 Å². The monoisotopic (exact) mass is 425 g/mol. The van der Waals surface area contributed by atoms with Crippen molar-refractivity contribution in [2.75, 3.05) is 39.5 Å². The molecule has 0 atom stereocenters. The number of hydrogen-bond acceptors (Lipinski definition) is 4. The molecular formula is C24H28FN3O3. The van der Waals surface area contributed by atoms with Gasteiger partial charge in [0.25, 0.3) is 0 Å². The first kappa shape index (κ1) is 21.3. The molecule has 0 saturated carbocycles. The summed E-state index contributed by atoms with van der Waals surface area (Å²) < 4.78 is 24.9. The van der Waals surface area contributed by atoms with E-state index in [1.807, 2.05) is 31.2 Å². The Labute approximate surface area is 181 Å². The van der Waals surface area contributed by atoms with Gasteiger partial charge in [-0.3, -0.25) is 9.69 Å². The number of nitrogens with zero attached hydrogens (tertiary/aromatic N) is 1. The maximum atomic E-state index is 13.6. The molecule has 4 rings (SSSR count). The first-order valence-electron chi connectivity index (χ1n) is 10.6. The van der Waals surface area contributed by atoms with Crippen LogP contribution < -0.4 is 10.1 Å². The summed E-state index contributed by atoms with van der Waals surface area (Å²) in [6.45, 7) is 7.24. The number of morpholine rings is 1. The number of amides is 1. The number of aromatic amines is 1. The van der Waals surface area contributed by atoms with Crippen LogP contribution in [0.25, 0.3) is 10.9 Å². The van der Waals surface area contributed by atoms with Crippen LogP contribution in [-0.2, 0) is 22.5 Å².